The first-order chi connectivity index (χ1) is 9.17. The zero-order valence-corrected chi connectivity index (χ0v) is 10.7. The number of rotatable bonds is 5. The van der Waals surface area contributed by atoms with Gasteiger partial charge in [0, 0.05) is 31.2 Å². The van der Waals surface area contributed by atoms with E-state index in [0.717, 1.165) is 0 Å². The molecule has 0 aliphatic heterocycles. The van der Waals surface area contributed by atoms with Crippen molar-refractivity contribution in [1.82, 2.24) is 5.32 Å². The second kappa shape index (κ2) is 8.25. The number of carbonyl (C=O) groups excluding carboxylic acids is 1. The van der Waals surface area contributed by atoms with E-state index < -0.39 is 5.82 Å². The fourth-order valence-corrected chi connectivity index (χ4v) is 1.38. The highest BCUT2D eigenvalue weighted by atomic mass is 19.1. The molecule has 0 radical (unpaired) electrons. The van der Waals surface area contributed by atoms with Crippen LogP contribution >= 0.6 is 0 Å². The number of hydrogen-bond acceptors (Lipinski definition) is 3. The summed E-state index contributed by atoms with van der Waals surface area (Å²) in [7, 11) is 1.41. The second-order valence-electron chi connectivity index (χ2n) is 3.79. The van der Waals surface area contributed by atoms with Crippen LogP contribution in [0.2, 0.25) is 0 Å². The van der Waals surface area contributed by atoms with E-state index in [0.29, 0.717) is 17.5 Å². The van der Waals surface area contributed by atoms with Crippen molar-refractivity contribution in [3.8, 4) is 11.8 Å². The third-order valence-corrected chi connectivity index (χ3v) is 2.27. The van der Waals surface area contributed by atoms with Crippen LogP contribution < -0.4 is 5.32 Å². The number of methoxy groups -OCH3 is 1. The topological polar surface area (TPSA) is 58.6 Å². The van der Waals surface area contributed by atoms with Crippen LogP contribution in [-0.4, -0.2) is 31.3 Å². The first-order valence-electron chi connectivity index (χ1n) is 5.81. The van der Waals surface area contributed by atoms with Gasteiger partial charge in [-0.25, -0.2) is 4.39 Å². The van der Waals surface area contributed by atoms with Gasteiger partial charge in [0.15, 0.2) is 0 Å². The van der Waals surface area contributed by atoms with Gasteiger partial charge in [-0.05, 0) is 18.2 Å². The van der Waals surface area contributed by atoms with Crippen molar-refractivity contribution >= 4 is 5.91 Å². The van der Waals surface area contributed by atoms with E-state index in [-0.39, 0.29) is 25.7 Å². The number of aliphatic hydroxyl groups excluding tert-OH is 1. The van der Waals surface area contributed by atoms with Crippen LogP contribution in [0.4, 0.5) is 4.39 Å². The molecule has 1 aromatic carbocycles. The van der Waals surface area contributed by atoms with Gasteiger partial charge in [0.1, 0.15) is 12.4 Å². The number of ether oxygens (including phenoxy) is 1. The monoisotopic (exact) mass is 265 g/mol. The molecule has 1 aromatic rings. The maximum Gasteiger partial charge on any atom is 0.246 e. The molecule has 19 heavy (non-hydrogen) atoms. The Balaban J connectivity index is 2.70. The largest absolute Gasteiger partial charge is 0.395 e. The van der Waals surface area contributed by atoms with Crippen molar-refractivity contribution in [3.63, 3.8) is 0 Å². The van der Waals surface area contributed by atoms with Crippen LogP contribution in [0.3, 0.4) is 0 Å². The van der Waals surface area contributed by atoms with E-state index in [9.17, 15) is 9.18 Å². The molecule has 1 amide bonds. The Kier molecular flexibility index (Phi) is 6.58. The average molecular weight is 265 g/mol. The quantitative estimate of drug-likeness (QED) is 0.775. The minimum atomic E-state index is -0.398. The molecule has 5 heteroatoms. The minimum Gasteiger partial charge on any atom is -0.395 e. The summed E-state index contributed by atoms with van der Waals surface area (Å²) in [6.45, 7) is 0.0231. The van der Waals surface area contributed by atoms with Crippen molar-refractivity contribution < 1.29 is 19.0 Å². The van der Waals surface area contributed by atoms with E-state index in [4.69, 9.17) is 5.11 Å². The Labute approximate surface area is 111 Å². The Morgan fingerprint density at radius 1 is 1.53 bits per heavy atom. The molecule has 2 N–H and O–H groups in total. The molecular weight excluding hydrogens is 249 g/mol. The number of halogens is 1. The standard InChI is InChI=1S/C14H16FNO3/c1-19-10-14(18)16-9-12-8-11(4-2-3-7-17)5-6-13(12)15/h5-6,8,17H,3,7,9-10H2,1H3,(H,16,18). The first kappa shape index (κ1) is 15.2. The number of benzene rings is 1. The van der Waals surface area contributed by atoms with Crippen molar-refractivity contribution in [2.24, 2.45) is 0 Å². The Morgan fingerprint density at radius 3 is 3.00 bits per heavy atom. The molecule has 0 aliphatic rings. The van der Waals surface area contributed by atoms with Gasteiger partial charge in [-0.1, -0.05) is 11.8 Å². The Bertz CT molecular complexity index is 491. The van der Waals surface area contributed by atoms with Gasteiger partial charge in [-0.15, -0.1) is 0 Å². The highest BCUT2D eigenvalue weighted by Gasteiger charge is 2.05. The SMILES string of the molecule is COCC(=O)NCc1cc(C#CCCO)ccc1F. The minimum absolute atomic E-state index is 0.00583. The summed E-state index contributed by atoms with van der Waals surface area (Å²) in [4.78, 5) is 11.2. The summed E-state index contributed by atoms with van der Waals surface area (Å²) >= 11 is 0. The number of amides is 1. The van der Waals surface area contributed by atoms with Gasteiger partial charge >= 0.3 is 0 Å². The van der Waals surface area contributed by atoms with Crippen LogP contribution in [0.15, 0.2) is 18.2 Å². The van der Waals surface area contributed by atoms with Crippen molar-refractivity contribution in [3.05, 3.63) is 35.1 Å². The molecule has 1 rings (SSSR count). The molecule has 0 heterocycles. The van der Waals surface area contributed by atoms with Crippen molar-refractivity contribution in [2.75, 3.05) is 20.3 Å². The Hall–Kier alpha value is -1.90. The van der Waals surface area contributed by atoms with Gasteiger partial charge in [0.05, 0.1) is 6.61 Å². The molecular formula is C14H16FNO3. The predicted molar refractivity (Wildman–Crippen MR) is 68.7 cm³/mol. The summed E-state index contributed by atoms with van der Waals surface area (Å²) in [5.74, 6) is 4.86. The number of aliphatic hydroxyl groups is 1. The van der Waals surface area contributed by atoms with Crippen molar-refractivity contribution in [2.45, 2.75) is 13.0 Å². The fourth-order valence-electron chi connectivity index (χ4n) is 1.38. The third-order valence-electron chi connectivity index (χ3n) is 2.27. The average Bonchev–Trinajstić information content (AvgIpc) is 2.40. The highest BCUT2D eigenvalue weighted by molar-refractivity contribution is 5.77. The molecule has 0 fully saturated rings. The van der Waals surface area contributed by atoms with E-state index in [1.807, 2.05) is 0 Å². The molecule has 0 spiro atoms. The van der Waals surface area contributed by atoms with E-state index in [1.54, 1.807) is 12.1 Å². The van der Waals surface area contributed by atoms with Crippen LogP contribution in [0.1, 0.15) is 17.5 Å². The van der Waals surface area contributed by atoms with Crippen LogP contribution in [0.5, 0.6) is 0 Å². The molecule has 4 nitrogen and oxygen atoms in total. The first-order valence-corrected chi connectivity index (χ1v) is 5.81. The van der Waals surface area contributed by atoms with Gasteiger partial charge in [0.25, 0.3) is 0 Å². The number of nitrogens with one attached hydrogen (secondary N) is 1. The predicted octanol–water partition coefficient (Wildman–Crippen LogP) is 0.822. The molecule has 102 valence electrons. The number of hydrogen-bond donors (Lipinski definition) is 2. The zero-order valence-electron chi connectivity index (χ0n) is 10.7. The lowest BCUT2D eigenvalue weighted by molar-refractivity contribution is -0.124. The van der Waals surface area contributed by atoms with Gasteiger partial charge in [-0.3, -0.25) is 4.79 Å². The van der Waals surface area contributed by atoms with E-state index >= 15 is 0 Å². The van der Waals surface area contributed by atoms with Crippen LogP contribution in [0, 0.1) is 17.7 Å². The maximum atomic E-state index is 13.5. The van der Waals surface area contributed by atoms with Gasteiger partial charge in [0.2, 0.25) is 5.91 Å². The smallest absolute Gasteiger partial charge is 0.246 e. The van der Waals surface area contributed by atoms with Crippen LogP contribution in [-0.2, 0) is 16.1 Å². The lowest BCUT2D eigenvalue weighted by Crippen LogP contribution is -2.26. The molecule has 0 atom stereocenters. The third kappa shape index (κ3) is 5.51. The highest BCUT2D eigenvalue weighted by Crippen LogP contribution is 2.09. The fraction of sp³-hybridized carbons (Fsp3) is 0.357. The normalized spacial score (nSPS) is 9.63. The summed E-state index contributed by atoms with van der Waals surface area (Å²) in [6, 6.07) is 4.44. The van der Waals surface area contributed by atoms with E-state index in [1.165, 1.54) is 13.2 Å². The molecule has 0 aromatic heterocycles. The molecule has 0 saturated carbocycles. The molecule has 0 aliphatic carbocycles. The lowest BCUT2D eigenvalue weighted by Gasteiger charge is -2.06. The molecule has 0 unspecified atom stereocenters. The summed E-state index contributed by atoms with van der Waals surface area (Å²) < 4.78 is 18.2. The lowest BCUT2D eigenvalue weighted by atomic mass is 10.1. The summed E-state index contributed by atoms with van der Waals surface area (Å²) in [5.41, 5.74) is 1.01. The summed E-state index contributed by atoms with van der Waals surface area (Å²) in [5, 5.41) is 11.2. The number of carbonyl (C=O) groups is 1. The zero-order chi connectivity index (χ0) is 14.1. The molecule has 0 bridgehead atoms. The van der Waals surface area contributed by atoms with E-state index in [2.05, 4.69) is 21.9 Å². The van der Waals surface area contributed by atoms with Gasteiger partial charge < -0.3 is 15.2 Å². The molecule has 0 saturated heterocycles. The summed E-state index contributed by atoms with van der Waals surface area (Å²) in [6.07, 6.45) is 0.372. The Morgan fingerprint density at radius 2 is 2.32 bits per heavy atom. The van der Waals surface area contributed by atoms with Gasteiger partial charge in [-0.2, -0.15) is 0 Å². The maximum absolute atomic E-state index is 13.5. The van der Waals surface area contributed by atoms with Crippen molar-refractivity contribution in [1.29, 1.82) is 0 Å². The second-order valence-corrected chi connectivity index (χ2v) is 3.79. The van der Waals surface area contributed by atoms with Crippen LogP contribution in [0.25, 0.3) is 0 Å².